The number of nitrogens with one attached hydrogen (secondary N) is 1. The summed E-state index contributed by atoms with van der Waals surface area (Å²) >= 11 is 5.90. The number of aromatic nitrogens is 2. The Bertz CT molecular complexity index is 1040. The van der Waals surface area contributed by atoms with Crippen LogP contribution in [0.5, 0.6) is 5.75 Å². The van der Waals surface area contributed by atoms with Crippen LogP contribution in [0.1, 0.15) is 52.8 Å². The van der Waals surface area contributed by atoms with Gasteiger partial charge in [0.15, 0.2) is 15.4 Å². The van der Waals surface area contributed by atoms with Crippen LogP contribution in [0.3, 0.4) is 0 Å². The van der Waals surface area contributed by atoms with E-state index in [0.717, 1.165) is 5.69 Å². The lowest BCUT2D eigenvalue weighted by Crippen LogP contribution is -2.43. The first-order chi connectivity index (χ1) is 13.8. The van der Waals surface area contributed by atoms with Gasteiger partial charge >= 0.3 is 0 Å². The minimum absolute atomic E-state index is 0.0196. The number of hydrogen-bond donors (Lipinski definition) is 1. The van der Waals surface area contributed by atoms with E-state index >= 15 is 0 Å². The van der Waals surface area contributed by atoms with Gasteiger partial charge in [-0.15, -0.1) is 0 Å². The van der Waals surface area contributed by atoms with Crippen LogP contribution < -0.4 is 10.1 Å². The van der Waals surface area contributed by atoms with Crippen molar-refractivity contribution in [3.63, 3.8) is 0 Å². The maximum atomic E-state index is 13.0. The number of halogens is 1. The molecule has 0 radical (unpaired) electrons. The lowest BCUT2D eigenvalue weighted by molar-refractivity contribution is -0.128. The first-order valence-electron chi connectivity index (χ1n) is 9.83. The number of amides is 1. The van der Waals surface area contributed by atoms with Crippen molar-refractivity contribution < 1.29 is 17.9 Å². The fourth-order valence-electron chi connectivity index (χ4n) is 3.21. The highest BCUT2D eigenvalue weighted by molar-refractivity contribution is 7.91. The Hall–Kier alpha value is -2.06. The van der Waals surface area contributed by atoms with Crippen molar-refractivity contribution >= 4 is 33.2 Å². The lowest BCUT2D eigenvalue weighted by Gasteiger charge is -2.26. The van der Waals surface area contributed by atoms with E-state index in [9.17, 15) is 13.2 Å². The van der Waals surface area contributed by atoms with Gasteiger partial charge in [-0.1, -0.05) is 32.4 Å². The number of carbonyl (C=O) groups excluding carboxylic acids is 1. The third kappa shape index (κ3) is 5.16. The second-order valence-electron chi connectivity index (χ2n) is 9.19. The monoisotopic (exact) mass is 453 g/mol. The predicted octanol–water partition coefficient (Wildman–Crippen LogP) is 3.99. The molecule has 1 saturated heterocycles. The smallest absolute Gasteiger partial charge is 0.269 e. The largest absolute Gasteiger partial charge is 0.478 e. The van der Waals surface area contributed by atoms with Crippen LogP contribution in [0.15, 0.2) is 30.3 Å². The summed E-state index contributed by atoms with van der Waals surface area (Å²) in [4.78, 5) is 13.0. The van der Waals surface area contributed by atoms with Crippen molar-refractivity contribution in [2.24, 2.45) is 0 Å². The molecular formula is C21H28ClN3O4S. The van der Waals surface area contributed by atoms with Crippen LogP contribution in [-0.4, -0.2) is 41.2 Å². The molecule has 30 heavy (non-hydrogen) atoms. The third-order valence-corrected chi connectivity index (χ3v) is 7.04. The van der Waals surface area contributed by atoms with Gasteiger partial charge in [-0.05, 0) is 44.5 Å². The van der Waals surface area contributed by atoms with E-state index in [2.05, 4.69) is 10.4 Å². The Morgan fingerprint density at radius 2 is 1.83 bits per heavy atom. The number of rotatable bonds is 5. The maximum absolute atomic E-state index is 13.0. The van der Waals surface area contributed by atoms with Crippen LogP contribution in [0, 0.1) is 0 Å². The molecule has 9 heteroatoms. The van der Waals surface area contributed by atoms with Crippen molar-refractivity contribution in [2.45, 2.75) is 58.1 Å². The van der Waals surface area contributed by atoms with Gasteiger partial charge in [0.25, 0.3) is 5.91 Å². The molecule has 1 aromatic carbocycles. The van der Waals surface area contributed by atoms with Gasteiger partial charge in [0.05, 0.1) is 23.2 Å². The minimum atomic E-state index is -3.10. The molecule has 1 aliphatic heterocycles. The fraction of sp³-hybridized carbons (Fsp3) is 0.524. The summed E-state index contributed by atoms with van der Waals surface area (Å²) in [6.45, 7) is 9.39. The zero-order chi connectivity index (χ0) is 22.3. The van der Waals surface area contributed by atoms with Gasteiger partial charge in [0.1, 0.15) is 11.6 Å². The zero-order valence-electron chi connectivity index (χ0n) is 17.9. The second-order valence-corrected chi connectivity index (χ2v) is 11.9. The predicted molar refractivity (Wildman–Crippen MR) is 118 cm³/mol. The molecule has 0 bridgehead atoms. The second kappa shape index (κ2) is 7.89. The summed E-state index contributed by atoms with van der Waals surface area (Å²) in [5, 5.41) is 8.11. The third-order valence-electron chi connectivity index (χ3n) is 5.03. The summed E-state index contributed by atoms with van der Waals surface area (Å²) in [5.41, 5.74) is -0.650. The molecule has 0 spiro atoms. The van der Waals surface area contributed by atoms with E-state index in [0.29, 0.717) is 23.0 Å². The SMILES string of the molecule is CC(C)(Oc1ccc(Cl)cc1)C(=O)Nc1cc(C(C)(C)C)nn1C1CCS(=O)(=O)C1. The van der Waals surface area contributed by atoms with Crippen LogP contribution >= 0.6 is 11.6 Å². The summed E-state index contributed by atoms with van der Waals surface area (Å²) in [5.74, 6) is 0.775. The van der Waals surface area contributed by atoms with Gasteiger partial charge in [-0.2, -0.15) is 5.10 Å². The highest BCUT2D eigenvalue weighted by atomic mass is 35.5. The molecule has 1 amide bonds. The molecule has 1 unspecified atom stereocenters. The molecule has 1 atom stereocenters. The number of sulfone groups is 1. The molecule has 7 nitrogen and oxygen atoms in total. The van der Waals surface area contributed by atoms with E-state index in [1.807, 2.05) is 20.8 Å². The molecular weight excluding hydrogens is 426 g/mol. The molecule has 0 aliphatic carbocycles. The number of anilines is 1. The number of carbonyl (C=O) groups is 1. The molecule has 164 valence electrons. The van der Waals surface area contributed by atoms with Gasteiger partial charge in [-0.25, -0.2) is 13.1 Å². The molecule has 3 rings (SSSR count). The summed E-state index contributed by atoms with van der Waals surface area (Å²) < 4.78 is 31.5. The molecule has 1 N–H and O–H groups in total. The topological polar surface area (TPSA) is 90.3 Å². The quantitative estimate of drug-likeness (QED) is 0.739. The molecule has 2 aromatic rings. The molecule has 1 aliphatic rings. The Morgan fingerprint density at radius 1 is 1.20 bits per heavy atom. The lowest BCUT2D eigenvalue weighted by atomic mass is 9.92. The standard InChI is InChI=1S/C21H28ClN3O4S/c1-20(2,3)17-12-18(25(24-17)15-10-11-30(27,28)13-15)23-19(26)21(4,5)29-16-8-6-14(22)7-9-16/h6-9,12,15H,10-11,13H2,1-5H3,(H,23,26). The minimum Gasteiger partial charge on any atom is -0.478 e. The van der Waals surface area contributed by atoms with Crippen LogP contribution in [0.25, 0.3) is 0 Å². The van der Waals surface area contributed by atoms with E-state index in [1.54, 1.807) is 48.9 Å². The van der Waals surface area contributed by atoms with Crippen LogP contribution in [-0.2, 0) is 20.0 Å². The van der Waals surface area contributed by atoms with Crippen molar-refractivity contribution in [2.75, 3.05) is 16.8 Å². The fourth-order valence-corrected chi connectivity index (χ4v) is 5.03. The van der Waals surface area contributed by atoms with Crippen molar-refractivity contribution in [3.8, 4) is 5.75 Å². The highest BCUT2D eigenvalue weighted by Crippen LogP contribution is 2.31. The zero-order valence-corrected chi connectivity index (χ0v) is 19.5. The van der Waals surface area contributed by atoms with E-state index < -0.39 is 15.4 Å². The van der Waals surface area contributed by atoms with E-state index in [-0.39, 0.29) is 28.9 Å². The van der Waals surface area contributed by atoms with Crippen molar-refractivity contribution in [3.05, 3.63) is 41.0 Å². The van der Waals surface area contributed by atoms with Crippen molar-refractivity contribution in [1.29, 1.82) is 0 Å². The normalized spacial score (nSPS) is 18.9. The highest BCUT2D eigenvalue weighted by Gasteiger charge is 2.35. The van der Waals surface area contributed by atoms with Gasteiger partial charge in [0, 0.05) is 16.5 Å². The van der Waals surface area contributed by atoms with E-state index in [4.69, 9.17) is 16.3 Å². The van der Waals surface area contributed by atoms with E-state index in [1.165, 1.54) is 0 Å². The van der Waals surface area contributed by atoms with Crippen molar-refractivity contribution in [1.82, 2.24) is 9.78 Å². The Labute approximate surface area is 182 Å². The molecule has 1 aromatic heterocycles. The summed E-state index contributed by atoms with van der Waals surface area (Å²) in [7, 11) is -3.10. The Kier molecular flexibility index (Phi) is 5.95. The average molecular weight is 454 g/mol. The Morgan fingerprint density at radius 3 is 2.37 bits per heavy atom. The first kappa shape index (κ1) is 22.6. The van der Waals surface area contributed by atoms with Gasteiger partial charge in [-0.3, -0.25) is 4.79 Å². The van der Waals surface area contributed by atoms with Crippen LogP contribution in [0.2, 0.25) is 5.02 Å². The maximum Gasteiger partial charge on any atom is 0.269 e. The first-order valence-corrected chi connectivity index (χ1v) is 12.0. The molecule has 2 heterocycles. The van der Waals surface area contributed by atoms with Gasteiger partial charge < -0.3 is 10.1 Å². The number of nitrogens with zero attached hydrogens (tertiary/aromatic N) is 2. The number of hydrogen-bond acceptors (Lipinski definition) is 5. The summed E-state index contributed by atoms with van der Waals surface area (Å²) in [6.07, 6.45) is 0.473. The average Bonchev–Trinajstić information content (AvgIpc) is 3.19. The molecule has 1 fully saturated rings. The molecule has 0 saturated carbocycles. The van der Waals surface area contributed by atoms with Gasteiger partial charge in [0.2, 0.25) is 0 Å². The Balaban J connectivity index is 1.86. The number of benzene rings is 1. The van der Waals surface area contributed by atoms with Crippen LogP contribution in [0.4, 0.5) is 5.82 Å². The number of ether oxygens (including phenoxy) is 1. The summed E-state index contributed by atoms with van der Waals surface area (Å²) in [6, 6.07) is 8.28.